The SMILES string of the molecule is Cc1ccc(CP(Br)(c2ccccc2)(c2ccccc2)c2ccccc2)c(C)c1. The molecule has 2 heteroatoms. The molecule has 0 nitrogen and oxygen atoms in total. The van der Waals surface area contributed by atoms with Gasteiger partial charge in [-0.3, -0.25) is 0 Å². The van der Waals surface area contributed by atoms with Crippen LogP contribution in [0.25, 0.3) is 0 Å². The summed E-state index contributed by atoms with van der Waals surface area (Å²) in [7, 11) is 0. The van der Waals surface area contributed by atoms with Crippen molar-refractivity contribution in [3.05, 3.63) is 126 Å². The minimum atomic E-state index is -2.92. The molecule has 0 aliphatic heterocycles. The van der Waals surface area contributed by atoms with E-state index in [0.717, 1.165) is 6.16 Å². The van der Waals surface area contributed by atoms with Crippen molar-refractivity contribution >= 4 is 36.7 Å². The second kappa shape index (κ2) is 7.90. The first kappa shape index (κ1) is 20.1. The van der Waals surface area contributed by atoms with Crippen molar-refractivity contribution in [1.82, 2.24) is 0 Å². The van der Waals surface area contributed by atoms with E-state index in [9.17, 15) is 0 Å². The third-order valence-corrected chi connectivity index (χ3v) is 15.3. The molecule has 0 saturated carbocycles. The van der Waals surface area contributed by atoms with Crippen LogP contribution in [-0.4, -0.2) is 0 Å². The van der Waals surface area contributed by atoms with E-state index in [1.165, 1.54) is 32.6 Å². The van der Waals surface area contributed by atoms with Crippen LogP contribution in [0.1, 0.15) is 16.7 Å². The molecule has 4 aromatic carbocycles. The molecule has 0 N–H and O–H groups in total. The zero-order chi connectivity index (χ0) is 20.3. The van der Waals surface area contributed by atoms with Gasteiger partial charge in [0.25, 0.3) is 0 Å². The Balaban J connectivity index is 2.09. The zero-order valence-corrected chi connectivity index (χ0v) is 19.4. The first-order valence-electron chi connectivity index (χ1n) is 9.98. The average Bonchev–Trinajstić information content (AvgIpc) is 2.78. The van der Waals surface area contributed by atoms with Gasteiger partial charge in [0.05, 0.1) is 0 Å². The summed E-state index contributed by atoms with van der Waals surface area (Å²) in [6.07, 6.45) is 0.940. The molecular formula is C27H26BrP. The molecule has 0 radical (unpaired) electrons. The van der Waals surface area contributed by atoms with Gasteiger partial charge in [-0.1, -0.05) is 0 Å². The predicted molar refractivity (Wildman–Crippen MR) is 134 cm³/mol. The van der Waals surface area contributed by atoms with Crippen LogP contribution in [0, 0.1) is 13.8 Å². The van der Waals surface area contributed by atoms with E-state index in [1.807, 2.05) is 0 Å². The van der Waals surface area contributed by atoms with E-state index in [1.54, 1.807) is 0 Å². The fourth-order valence-electron chi connectivity index (χ4n) is 4.28. The van der Waals surface area contributed by atoms with Gasteiger partial charge in [0, 0.05) is 0 Å². The molecule has 0 aromatic heterocycles. The Morgan fingerprint density at radius 1 is 0.586 bits per heavy atom. The molecule has 4 aromatic rings. The first-order valence-corrected chi connectivity index (χ1v) is 14.4. The second-order valence-corrected chi connectivity index (χ2v) is 16.7. The van der Waals surface area contributed by atoms with Crippen molar-refractivity contribution in [3.63, 3.8) is 0 Å². The monoisotopic (exact) mass is 460 g/mol. The Hall–Kier alpha value is -2.21. The van der Waals surface area contributed by atoms with Crippen molar-refractivity contribution in [2.75, 3.05) is 0 Å². The number of benzene rings is 4. The molecule has 146 valence electrons. The summed E-state index contributed by atoms with van der Waals surface area (Å²) in [5.74, 6) is 0. The summed E-state index contributed by atoms with van der Waals surface area (Å²) >= 11 is 4.54. The molecule has 4 rings (SSSR count). The van der Waals surface area contributed by atoms with E-state index in [2.05, 4.69) is 139 Å². The van der Waals surface area contributed by atoms with Crippen LogP contribution in [0.15, 0.2) is 109 Å². The van der Waals surface area contributed by atoms with E-state index >= 15 is 0 Å². The van der Waals surface area contributed by atoms with Gasteiger partial charge >= 0.3 is 183 Å². The molecule has 0 aliphatic carbocycles. The molecule has 0 atom stereocenters. The average molecular weight is 461 g/mol. The van der Waals surface area contributed by atoms with Crippen molar-refractivity contribution < 1.29 is 0 Å². The number of aryl methyl sites for hydroxylation is 2. The minimum absolute atomic E-state index is 0.940. The Morgan fingerprint density at radius 2 is 1.00 bits per heavy atom. The van der Waals surface area contributed by atoms with Crippen molar-refractivity contribution in [1.29, 1.82) is 0 Å². The Labute approximate surface area is 182 Å². The second-order valence-electron chi connectivity index (χ2n) is 7.78. The maximum absolute atomic E-state index is 4.54. The number of hydrogen-bond acceptors (Lipinski definition) is 0. The summed E-state index contributed by atoms with van der Waals surface area (Å²) in [5, 5.41) is 1.15. The molecule has 0 spiro atoms. The summed E-state index contributed by atoms with van der Waals surface area (Å²) in [4.78, 5) is 0. The molecule has 0 heterocycles. The summed E-state index contributed by atoms with van der Waals surface area (Å²) in [5.41, 5.74) is 4.04. The molecule has 0 unspecified atom stereocenters. The van der Waals surface area contributed by atoms with E-state index in [4.69, 9.17) is 0 Å². The van der Waals surface area contributed by atoms with Crippen LogP contribution in [0.2, 0.25) is 0 Å². The van der Waals surface area contributed by atoms with Gasteiger partial charge in [-0.05, 0) is 0 Å². The number of rotatable bonds is 5. The predicted octanol–water partition coefficient (Wildman–Crippen LogP) is 6.64. The molecular weight excluding hydrogens is 435 g/mol. The van der Waals surface area contributed by atoms with E-state index < -0.39 is 5.31 Å². The van der Waals surface area contributed by atoms with E-state index in [-0.39, 0.29) is 0 Å². The van der Waals surface area contributed by atoms with Gasteiger partial charge in [0.2, 0.25) is 0 Å². The Bertz CT molecular complexity index is 1010. The summed E-state index contributed by atoms with van der Waals surface area (Å²) in [6, 6.07) is 39.8. The summed E-state index contributed by atoms with van der Waals surface area (Å²) in [6.45, 7) is 4.40. The fourth-order valence-corrected chi connectivity index (χ4v) is 12.0. The first-order chi connectivity index (χ1) is 14.0. The van der Waals surface area contributed by atoms with Gasteiger partial charge in [-0.2, -0.15) is 0 Å². The standard InChI is InChI=1S/C27H26BrP/c1-22-18-19-24(23(2)20-22)21-29(28,25-12-6-3-7-13-25,26-14-8-4-9-15-26)27-16-10-5-11-17-27/h3-20H,21H2,1-2H3. The molecule has 0 saturated heterocycles. The van der Waals surface area contributed by atoms with Crippen LogP contribution in [0.5, 0.6) is 0 Å². The number of hydrogen-bond donors (Lipinski definition) is 0. The van der Waals surface area contributed by atoms with Gasteiger partial charge in [0.15, 0.2) is 0 Å². The number of halogens is 1. The Morgan fingerprint density at radius 3 is 1.38 bits per heavy atom. The van der Waals surface area contributed by atoms with Crippen molar-refractivity contribution in [2.24, 2.45) is 0 Å². The topological polar surface area (TPSA) is 0 Å². The van der Waals surface area contributed by atoms with Crippen LogP contribution >= 0.6 is 20.8 Å². The van der Waals surface area contributed by atoms with Gasteiger partial charge < -0.3 is 0 Å². The fraction of sp³-hybridized carbons (Fsp3) is 0.111. The van der Waals surface area contributed by atoms with Crippen molar-refractivity contribution in [2.45, 2.75) is 20.0 Å². The van der Waals surface area contributed by atoms with Gasteiger partial charge in [-0.15, -0.1) is 0 Å². The zero-order valence-electron chi connectivity index (χ0n) is 16.9. The third-order valence-electron chi connectivity index (χ3n) is 5.85. The van der Waals surface area contributed by atoms with Crippen LogP contribution in [0.3, 0.4) is 0 Å². The maximum atomic E-state index is 4.54. The van der Waals surface area contributed by atoms with Crippen LogP contribution < -0.4 is 15.9 Å². The van der Waals surface area contributed by atoms with Gasteiger partial charge in [0.1, 0.15) is 0 Å². The normalized spacial score (nSPS) is 12.9. The molecule has 0 aliphatic rings. The van der Waals surface area contributed by atoms with E-state index in [0.29, 0.717) is 0 Å². The molecule has 29 heavy (non-hydrogen) atoms. The molecule has 0 fully saturated rings. The summed E-state index contributed by atoms with van der Waals surface area (Å²) < 4.78 is 0. The van der Waals surface area contributed by atoms with Crippen molar-refractivity contribution in [3.8, 4) is 0 Å². The van der Waals surface area contributed by atoms with Crippen LogP contribution in [0.4, 0.5) is 0 Å². The quantitative estimate of drug-likeness (QED) is 0.292. The van der Waals surface area contributed by atoms with Crippen LogP contribution in [-0.2, 0) is 6.16 Å². The van der Waals surface area contributed by atoms with Gasteiger partial charge in [-0.25, -0.2) is 0 Å². The molecule has 0 bridgehead atoms. The Kier molecular flexibility index (Phi) is 5.47. The third kappa shape index (κ3) is 3.48. The molecule has 0 amide bonds.